The van der Waals surface area contributed by atoms with Crippen LogP contribution in [0.3, 0.4) is 0 Å². The van der Waals surface area contributed by atoms with Gasteiger partial charge in [-0.25, -0.2) is 0 Å². The van der Waals surface area contributed by atoms with E-state index in [1.807, 2.05) is 0 Å². The Morgan fingerprint density at radius 2 is 1.68 bits per heavy atom. The summed E-state index contributed by atoms with van der Waals surface area (Å²) in [6, 6.07) is 0. The van der Waals surface area contributed by atoms with Crippen molar-refractivity contribution in [1.82, 2.24) is 0 Å². The van der Waals surface area contributed by atoms with E-state index in [4.69, 9.17) is 0 Å². The molecule has 4 saturated carbocycles. The molecule has 4 aliphatic carbocycles. The molecule has 3 heteroatoms. The molecule has 0 aromatic carbocycles. The number of ketones is 1. The van der Waals surface area contributed by atoms with Crippen molar-refractivity contribution in [1.29, 1.82) is 0 Å². The van der Waals surface area contributed by atoms with E-state index in [2.05, 4.69) is 13.8 Å². The Kier molecular flexibility index (Phi) is 3.30. The number of carbonyl (C=O) groups is 1. The molecule has 0 aromatic heterocycles. The molecule has 124 valence electrons. The van der Waals surface area contributed by atoms with Gasteiger partial charge >= 0.3 is 0 Å². The van der Waals surface area contributed by atoms with Crippen LogP contribution in [0.25, 0.3) is 0 Å². The lowest BCUT2D eigenvalue weighted by molar-refractivity contribution is -0.168. The molecular weight excluding hydrogens is 276 g/mol. The highest BCUT2D eigenvalue weighted by molar-refractivity contribution is 5.79. The molecule has 0 spiro atoms. The third-order valence-corrected chi connectivity index (χ3v) is 8.45. The Morgan fingerprint density at radius 3 is 2.45 bits per heavy atom. The Morgan fingerprint density at radius 1 is 0.955 bits per heavy atom. The molecule has 0 bridgehead atoms. The molecule has 0 radical (unpaired) electrons. The summed E-state index contributed by atoms with van der Waals surface area (Å²) in [5.41, 5.74) is 0.194. The van der Waals surface area contributed by atoms with E-state index < -0.39 is 0 Å². The fourth-order valence-electron chi connectivity index (χ4n) is 7.06. The molecule has 3 unspecified atom stereocenters. The van der Waals surface area contributed by atoms with Gasteiger partial charge in [0.25, 0.3) is 0 Å². The van der Waals surface area contributed by atoms with E-state index in [0.29, 0.717) is 36.4 Å². The van der Waals surface area contributed by atoms with Gasteiger partial charge in [0, 0.05) is 12.8 Å². The van der Waals surface area contributed by atoms with E-state index in [0.717, 1.165) is 32.1 Å². The minimum Gasteiger partial charge on any atom is -0.393 e. The van der Waals surface area contributed by atoms with E-state index in [-0.39, 0.29) is 29.0 Å². The van der Waals surface area contributed by atoms with Crippen LogP contribution in [-0.4, -0.2) is 28.2 Å². The Hall–Kier alpha value is -0.410. The maximum absolute atomic E-state index is 11.9. The number of aliphatic hydroxyl groups is 2. The maximum Gasteiger partial charge on any atom is 0.133 e. The van der Waals surface area contributed by atoms with Crippen LogP contribution < -0.4 is 0 Å². The van der Waals surface area contributed by atoms with Crippen molar-refractivity contribution >= 4 is 5.78 Å². The van der Waals surface area contributed by atoms with Gasteiger partial charge in [-0.1, -0.05) is 13.8 Å². The number of aliphatic hydroxyl groups excluding tert-OH is 2. The maximum atomic E-state index is 11.9. The lowest BCUT2D eigenvalue weighted by atomic mass is 9.44. The molecular formula is C19H30O3. The molecule has 8 atom stereocenters. The summed E-state index contributed by atoms with van der Waals surface area (Å²) in [4.78, 5) is 11.9. The fraction of sp³-hybridized carbons (Fsp3) is 0.947. The predicted molar refractivity (Wildman–Crippen MR) is 84.1 cm³/mol. The quantitative estimate of drug-likeness (QED) is 0.723. The van der Waals surface area contributed by atoms with Crippen molar-refractivity contribution in [2.75, 3.05) is 0 Å². The predicted octanol–water partition coefficient (Wildman–Crippen LogP) is 2.93. The van der Waals surface area contributed by atoms with Crippen molar-refractivity contribution in [3.63, 3.8) is 0 Å². The van der Waals surface area contributed by atoms with Crippen molar-refractivity contribution in [2.45, 2.75) is 77.4 Å². The van der Waals surface area contributed by atoms with Crippen LogP contribution in [0.1, 0.15) is 65.2 Å². The highest BCUT2D eigenvalue weighted by Crippen LogP contribution is 2.65. The molecule has 4 fully saturated rings. The van der Waals surface area contributed by atoms with E-state index in [1.54, 1.807) is 0 Å². The minimum absolute atomic E-state index is 0.0641. The summed E-state index contributed by atoms with van der Waals surface area (Å²) in [5, 5.41) is 21.2. The molecule has 0 saturated heterocycles. The third kappa shape index (κ3) is 1.84. The molecule has 0 heterocycles. The van der Waals surface area contributed by atoms with Crippen molar-refractivity contribution < 1.29 is 15.0 Å². The first-order valence-electron chi connectivity index (χ1n) is 9.24. The monoisotopic (exact) mass is 306 g/mol. The summed E-state index contributed by atoms with van der Waals surface area (Å²) < 4.78 is 0. The van der Waals surface area contributed by atoms with Gasteiger partial charge in [0.2, 0.25) is 0 Å². The first-order chi connectivity index (χ1) is 10.4. The van der Waals surface area contributed by atoms with Crippen molar-refractivity contribution in [3.8, 4) is 0 Å². The standard InChI is InChI=1S/C19H30O3/c1-18-7-5-11(20)9-15(18)16(21)10-12-13-3-4-17(22)19(13,2)8-6-14(12)18/h12-17,21-22H,3-10H2,1-2H3/t12?,13?,14?,15-,16+,17+,18-,19+/m1/s1. The third-order valence-electron chi connectivity index (χ3n) is 8.45. The first kappa shape index (κ1) is 15.1. The van der Waals surface area contributed by atoms with Gasteiger partial charge < -0.3 is 10.2 Å². The fourth-order valence-corrected chi connectivity index (χ4v) is 7.06. The summed E-state index contributed by atoms with van der Waals surface area (Å²) in [6.07, 6.45) is 6.95. The summed E-state index contributed by atoms with van der Waals surface area (Å²) in [6.45, 7) is 4.62. The molecule has 22 heavy (non-hydrogen) atoms. The number of fused-ring (bicyclic) bond motifs is 5. The Labute approximate surface area is 133 Å². The molecule has 4 rings (SSSR count). The zero-order valence-electron chi connectivity index (χ0n) is 13.9. The Bertz CT molecular complexity index is 489. The zero-order chi connectivity index (χ0) is 15.7. The van der Waals surface area contributed by atoms with Gasteiger partial charge in [-0.3, -0.25) is 4.79 Å². The summed E-state index contributed by atoms with van der Waals surface area (Å²) >= 11 is 0. The molecule has 3 nitrogen and oxygen atoms in total. The van der Waals surface area contributed by atoms with Gasteiger partial charge in [-0.15, -0.1) is 0 Å². The van der Waals surface area contributed by atoms with Gasteiger partial charge in [-0.05, 0) is 73.0 Å². The number of rotatable bonds is 0. The lowest BCUT2D eigenvalue weighted by Gasteiger charge is -2.61. The lowest BCUT2D eigenvalue weighted by Crippen LogP contribution is -2.58. The van der Waals surface area contributed by atoms with E-state index in [1.165, 1.54) is 6.42 Å². The molecule has 0 aromatic rings. The smallest absolute Gasteiger partial charge is 0.133 e. The van der Waals surface area contributed by atoms with Crippen LogP contribution in [-0.2, 0) is 4.79 Å². The van der Waals surface area contributed by atoms with Crippen molar-refractivity contribution in [3.05, 3.63) is 0 Å². The van der Waals surface area contributed by atoms with E-state index >= 15 is 0 Å². The van der Waals surface area contributed by atoms with Gasteiger partial charge in [-0.2, -0.15) is 0 Å². The second-order valence-electron chi connectivity index (χ2n) is 9.17. The number of hydrogen-bond donors (Lipinski definition) is 2. The van der Waals surface area contributed by atoms with Crippen LogP contribution in [0.4, 0.5) is 0 Å². The molecule has 4 aliphatic rings. The topological polar surface area (TPSA) is 57.5 Å². The van der Waals surface area contributed by atoms with Crippen molar-refractivity contribution in [2.24, 2.45) is 34.5 Å². The first-order valence-corrected chi connectivity index (χ1v) is 9.24. The zero-order valence-corrected chi connectivity index (χ0v) is 13.9. The van der Waals surface area contributed by atoms with Crippen LogP contribution in [0, 0.1) is 34.5 Å². The number of Topliss-reactive ketones (excluding diaryl/α,β-unsaturated/α-hetero) is 1. The van der Waals surface area contributed by atoms with Crippen LogP contribution in [0.5, 0.6) is 0 Å². The summed E-state index contributed by atoms with van der Waals surface area (Å²) in [5.74, 6) is 2.26. The largest absolute Gasteiger partial charge is 0.393 e. The molecule has 0 amide bonds. The van der Waals surface area contributed by atoms with E-state index in [9.17, 15) is 15.0 Å². The molecule has 2 N–H and O–H groups in total. The SMILES string of the molecule is C[C@]12CCC3C(C[C@H](O)[C@H]4CC(=O)CC[C@]34C)C1CC[C@@H]2O. The highest BCUT2D eigenvalue weighted by atomic mass is 16.3. The Balaban J connectivity index is 1.68. The summed E-state index contributed by atoms with van der Waals surface area (Å²) in [7, 11) is 0. The highest BCUT2D eigenvalue weighted by Gasteiger charge is 2.61. The average Bonchev–Trinajstić information content (AvgIpc) is 2.77. The number of carbonyl (C=O) groups excluding carboxylic acids is 1. The minimum atomic E-state index is -0.324. The number of hydrogen-bond acceptors (Lipinski definition) is 3. The second kappa shape index (κ2) is 4.80. The van der Waals surface area contributed by atoms with Gasteiger partial charge in [0.15, 0.2) is 0 Å². The molecule has 0 aliphatic heterocycles. The van der Waals surface area contributed by atoms with Gasteiger partial charge in [0.1, 0.15) is 5.78 Å². The normalized spacial score (nSPS) is 57.9. The van der Waals surface area contributed by atoms with Crippen LogP contribution >= 0.6 is 0 Å². The average molecular weight is 306 g/mol. The van der Waals surface area contributed by atoms with Crippen LogP contribution in [0.15, 0.2) is 0 Å². The van der Waals surface area contributed by atoms with Crippen LogP contribution in [0.2, 0.25) is 0 Å². The second-order valence-corrected chi connectivity index (χ2v) is 9.17. The van der Waals surface area contributed by atoms with Gasteiger partial charge in [0.05, 0.1) is 12.2 Å².